The molecule has 0 aliphatic rings. The van der Waals surface area contributed by atoms with Crippen LogP contribution >= 0.6 is 0 Å². The van der Waals surface area contributed by atoms with Gasteiger partial charge in [-0.15, -0.1) is 5.10 Å². The van der Waals surface area contributed by atoms with E-state index in [1.54, 1.807) is 36.5 Å². The van der Waals surface area contributed by atoms with Gasteiger partial charge in [0.05, 0.1) is 6.20 Å². The quantitative estimate of drug-likeness (QED) is 0.885. The van der Waals surface area contributed by atoms with E-state index in [1.165, 1.54) is 4.68 Å². The molecule has 1 aromatic carbocycles. The van der Waals surface area contributed by atoms with E-state index in [0.717, 1.165) is 12.0 Å². The van der Waals surface area contributed by atoms with E-state index >= 15 is 0 Å². The van der Waals surface area contributed by atoms with E-state index in [1.807, 2.05) is 19.1 Å². The predicted octanol–water partition coefficient (Wildman–Crippen LogP) is 1.07. The van der Waals surface area contributed by atoms with Crippen LogP contribution in [0.25, 0.3) is 0 Å². The molecule has 20 heavy (non-hydrogen) atoms. The molecule has 1 heterocycles. The van der Waals surface area contributed by atoms with Crippen LogP contribution in [0, 0.1) is 0 Å². The molecule has 0 saturated carbocycles. The number of phenolic OH excluding ortho intramolecular Hbond substituents is 1. The van der Waals surface area contributed by atoms with E-state index in [-0.39, 0.29) is 24.2 Å². The van der Waals surface area contributed by atoms with Crippen LogP contribution in [0.15, 0.2) is 36.7 Å². The Hall–Kier alpha value is -2.37. The van der Waals surface area contributed by atoms with Gasteiger partial charge in [0.25, 0.3) is 0 Å². The molecule has 0 unspecified atom stereocenters. The average Bonchev–Trinajstić information content (AvgIpc) is 2.93. The fourth-order valence-corrected chi connectivity index (χ4v) is 1.92. The standard InChI is InChI=1S/C14H18N4O2/c1-11(9-12-3-5-13(19)6-4-12)17(2)14(20)10-18-8-7-15-16-18/h3-8,11,19H,9-10H2,1-2H3/t11-/m1/s1. The van der Waals surface area contributed by atoms with Crippen molar-refractivity contribution in [3.05, 3.63) is 42.2 Å². The summed E-state index contributed by atoms with van der Waals surface area (Å²) in [5, 5.41) is 16.7. The zero-order chi connectivity index (χ0) is 14.5. The Kier molecular flexibility index (Phi) is 4.34. The number of rotatable bonds is 5. The highest BCUT2D eigenvalue weighted by molar-refractivity contribution is 5.75. The summed E-state index contributed by atoms with van der Waals surface area (Å²) in [4.78, 5) is 13.8. The molecule has 0 bridgehead atoms. The smallest absolute Gasteiger partial charge is 0.244 e. The number of aromatic nitrogens is 3. The number of hydrogen-bond acceptors (Lipinski definition) is 4. The number of carbonyl (C=O) groups is 1. The highest BCUT2D eigenvalue weighted by Crippen LogP contribution is 2.13. The third-order valence-corrected chi connectivity index (χ3v) is 3.29. The Labute approximate surface area is 117 Å². The van der Waals surface area contributed by atoms with Crippen molar-refractivity contribution in [1.82, 2.24) is 19.9 Å². The molecule has 0 fully saturated rings. The largest absolute Gasteiger partial charge is 0.508 e. The summed E-state index contributed by atoms with van der Waals surface area (Å²) in [6.07, 6.45) is 3.95. The second-order valence-corrected chi connectivity index (χ2v) is 4.82. The zero-order valence-corrected chi connectivity index (χ0v) is 11.6. The van der Waals surface area contributed by atoms with Crippen molar-refractivity contribution in [3.8, 4) is 5.75 Å². The maximum Gasteiger partial charge on any atom is 0.244 e. The van der Waals surface area contributed by atoms with Gasteiger partial charge in [0.1, 0.15) is 12.3 Å². The van der Waals surface area contributed by atoms with Crippen molar-refractivity contribution in [2.24, 2.45) is 0 Å². The highest BCUT2D eigenvalue weighted by atomic mass is 16.3. The van der Waals surface area contributed by atoms with Gasteiger partial charge in [-0.2, -0.15) is 0 Å². The van der Waals surface area contributed by atoms with E-state index in [0.29, 0.717) is 0 Å². The van der Waals surface area contributed by atoms with Gasteiger partial charge in [-0.25, -0.2) is 4.68 Å². The van der Waals surface area contributed by atoms with Gasteiger partial charge in [-0.3, -0.25) is 4.79 Å². The van der Waals surface area contributed by atoms with E-state index < -0.39 is 0 Å². The van der Waals surface area contributed by atoms with Gasteiger partial charge >= 0.3 is 0 Å². The second kappa shape index (κ2) is 6.18. The minimum atomic E-state index is -0.0122. The van der Waals surface area contributed by atoms with Crippen LogP contribution in [-0.2, 0) is 17.8 Å². The Balaban J connectivity index is 1.92. The molecule has 1 aromatic heterocycles. The number of aromatic hydroxyl groups is 1. The molecule has 6 nitrogen and oxygen atoms in total. The third kappa shape index (κ3) is 3.57. The highest BCUT2D eigenvalue weighted by Gasteiger charge is 2.16. The van der Waals surface area contributed by atoms with Crippen molar-refractivity contribution < 1.29 is 9.90 Å². The first-order chi connectivity index (χ1) is 9.56. The normalized spacial score (nSPS) is 12.1. The number of hydrogen-bond donors (Lipinski definition) is 1. The van der Waals surface area contributed by atoms with Crippen LogP contribution < -0.4 is 0 Å². The molecule has 2 rings (SSSR count). The van der Waals surface area contributed by atoms with Crippen molar-refractivity contribution in [3.63, 3.8) is 0 Å². The molecule has 0 saturated heterocycles. The topological polar surface area (TPSA) is 71.2 Å². The lowest BCUT2D eigenvalue weighted by atomic mass is 10.1. The summed E-state index contributed by atoms with van der Waals surface area (Å²) in [5.41, 5.74) is 1.08. The molecule has 1 atom stereocenters. The first-order valence-corrected chi connectivity index (χ1v) is 6.44. The van der Waals surface area contributed by atoms with Crippen molar-refractivity contribution in [1.29, 1.82) is 0 Å². The molecule has 0 aliphatic heterocycles. The fraction of sp³-hybridized carbons (Fsp3) is 0.357. The molecule has 0 aliphatic carbocycles. The maximum absolute atomic E-state index is 12.1. The number of carbonyl (C=O) groups excluding carboxylic acids is 1. The maximum atomic E-state index is 12.1. The second-order valence-electron chi connectivity index (χ2n) is 4.82. The van der Waals surface area contributed by atoms with Crippen LogP contribution in [0.4, 0.5) is 0 Å². The lowest BCUT2D eigenvalue weighted by Gasteiger charge is -2.25. The Morgan fingerprint density at radius 1 is 1.40 bits per heavy atom. The molecule has 0 spiro atoms. The lowest BCUT2D eigenvalue weighted by molar-refractivity contribution is -0.132. The Morgan fingerprint density at radius 2 is 2.10 bits per heavy atom. The van der Waals surface area contributed by atoms with E-state index in [2.05, 4.69) is 10.3 Å². The van der Waals surface area contributed by atoms with Gasteiger partial charge < -0.3 is 10.0 Å². The molecular weight excluding hydrogens is 256 g/mol. The van der Waals surface area contributed by atoms with Crippen molar-refractivity contribution >= 4 is 5.91 Å². The summed E-state index contributed by atoms with van der Waals surface area (Å²) in [5.74, 6) is 0.235. The summed E-state index contributed by atoms with van der Waals surface area (Å²) in [7, 11) is 1.78. The number of phenols is 1. The van der Waals surface area contributed by atoms with Gasteiger partial charge in [-0.05, 0) is 31.0 Å². The van der Waals surface area contributed by atoms with Crippen LogP contribution in [0.5, 0.6) is 5.75 Å². The minimum Gasteiger partial charge on any atom is -0.508 e. The SMILES string of the molecule is C[C@H](Cc1ccc(O)cc1)N(C)C(=O)Cn1ccnn1. The monoisotopic (exact) mass is 274 g/mol. The third-order valence-electron chi connectivity index (χ3n) is 3.29. The Morgan fingerprint density at radius 3 is 2.70 bits per heavy atom. The first kappa shape index (κ1) is 14.0. The van der Waals surface area contributed by atoms with Crippen LogP contribution in [0.3, 0.4) is 0 Å². The van der Waals surface area contributed by atoms with Crippen molar-refractivity contribution in [2.45, 2.75) is 25.9 Å². The van der Waals surface area contributed by atoms with Gasteiger partial charge in [-0.1, -0.05) is 17.3 Å². The average molecular weight is 274 g/mol. The van der Waals surface area contributed by atoms with Gasteiger partial charge in [0, 0.05) is 19.3 Å². The first-order valence-electron chi connectivity index (χ1n) is 6.44. The summed E-state index contributed by atoms with van der Waals surface area (Å²) >= 11 is 0. The van der Waals surface area contributed by atoms with E-state index in [4.69, 9.17) is 0 Å². The molecular formula is C14H18N4O2. The number of amides is 1. The molecule has 6 heteroatoms. The zero-order valence-electron chi connectivity index (χ0n) is 11.6. The minimum absolute atomic E-state index is 0.0122. The summed E-state index contributed by atoms with van der Waals surface area (Å²) in [6, 6.07) is 7.09. The van der Waals surface area contributed by atoms with E-state index in [9.17, 15) is 9.90 Å². The van der Waals surface area contributed by atoms with Crippen LogP contribution in [0.2, 0.25) is 0 Å². The molecule has 1 amide bonds. The summed E-state index contributed by atoms with van der Waals surface area (Å²) < 4.78 is 1.51. The molecule has 106 valence electrons. The van der Waals surface area contributed by atoms with Gasteiger partial charge in [0.15, 0.2) is 0 Å². The Bertz CT molecular complexity index is 551. The summed E-state index contributed by atoms with van der Waals surface area (Å²) in [6.45, 7) is 2.18. The van der Waals surface area contributed by atoms with Crippen LogP contribution in [0.1, 0.15) is 12.5 Å². The lowest BCUT2D eigenvalue weighted by Crippen LogP contribution is -2.38. The van der Waals surface area contributed by atoms with Gasteiger partial charge in [0.2, 0.25) is 5.91 Å². The number of likely N-dealkylation sites (N-methyl/N-ethyl adjacent to an activating group) is 1. The number of nitrogens with zero attached hydrogens (tertiary/aromatic N) is 4. The predicted molar refractivity (Wildman–Crippen MR) is 74.1 cm³/mol. The molecule has 0 radical (unpaired) electrons. The van der Waals surface area contributed by atoms with Crippen molar-refractivity contribution in [2.75, 3.05) is 7.05 Å². The molecule has 2 aromatic rings. The molecule has 1 N–H and O–H groups in total. The number of benzene rings is 1. The van der Waals surface area contributed by atoms with Crippen LogP contribution in [-0.4, -0.2) is 44.0 Å². The fourth-order valence-electron chi connectivity index (χ4n) is 1.92.